The Morgan fingerprint density at radius 2 is 1.40 bits per heavy atom. The van der Waals surface area contributed by atoms with Gasteiger partial charge in [0.2, 0.25) is 0 Å². The molecular weight excluding hydrogens is 179 g/mol. The van der Waals surface area contributed by atoms with Crippen LogP contribution in [-0.2, 0) is 4.74 Å². The minimum Gasteiger partial charge on any atom is -0.381 e. The third kappa shape index (κ3) is 1.54. The summed E-state index contributed by atoms with van der Waals surface area (Å²) in [6.45, 7) is 2.00. The van der Waals surface area contributed by atoms with E-state index >= 15 is 0 Å². The summed E-state index contributed by atoms with van der Waals surface area (Å²) < 4.78 is 4.72. The fraction of sp³-hybridized carbons (Fsp3) is 1.00. The number of hydrogen-bond donors (Lipinski definition) is 0. The van der Waals surface area contributed by atoms with Gasteiger partial charge < -0.3 is 4.74 Å². The van der Waals surface area contributed by atoms with Crippen LogP contribution in [0.15, 0.2) is 0 Å². The first-order valence-corrected chi connectivity index (χ1v) is 1.58. The van der Waals surface area contributed by atoms with E-state index in [0.29, 0.717) is 0 Å². The zero-order valence-electron chi connectivity index (χ0n) is 2.94. The van der Waals surface area contributed by atoms with Crippen LogP contribution in [0.2, 0.25) is 0 Å². The molecule has 0 radical (unpaired) electrons. The van der Waals surface area contributed by atoms with Crippen molar-refractivity contribution in [3.8, 4) is 0 Å². The lowest BCUT2D eigenvalue weighted by atomic mass is 10.4. The molecule has 0 spiro atoms. The molecule has 0 aromatic heterocycles. The van der Waals surface area contributed by atoms with E-state index in [2.05, 4.69) is 0 Å². The lowest BCUT2D eigenvalue weighted by Crippen LogP contribution is -2.09. The Balaban J connectivity index is 0.000000160. The Kier molecular flexibility index (Phi) is 3.30. The summed E-state index contributed by atoms with van der Waals surface area (Å²) in [6, 6.07) is 0. The molecular formula is C3H7IO. The summed E-state index contributed by atoms with van der Waals surface area (Å²) in [5, 5.41) is 0. The molecule has 0 saturated carbocycles. The summed E-state index contributed by atoms with van der Waals surface area (Å²) in [6.07, 6.45) is 1.28. The van der Waals surface area contributed by atoms with Crippen LogP contribution >= 0.6 is 24.0 Å². The van der Waals surface area contributed by atoms with E-state index in [9.17, 15) is 0 Å². The fourth-order valence-corrected chi connectivity index (χ4v) is 0.144. The van der Waals surface area contributed by atoms with E-state index in [1.165, 1.54) is 6.42 Å². The minimum atomic E-state index is 0. The van der Waals surface area contributed by atoms with Gasteiger partial charge in [0.05, 0.1) is 0 Å². The topological polar surface area (TPSA) is 9.23 Å². The Labute approximate surface area is 48.7 Å². The van der Waals surface area contributed by atoms with E-state index in [1.807, 2.05) is 0 Å². The second kappa shape index (κ2) is 2.90. The standard InChI is InChI=1S/C3H6O.HI/c1-2-4-3-1;/h1-3H2;1H. The van der Waals surface area contributed by atoms with Gasteiger partial charge in [0, 0.05) is 13.2 Å². The number of rotatable bonds is 0. The maximum absolute atomic E-state index is 4.72. The number of hydrogen-bond acceptors (Lipinski definition) is 1. The number of ether oxygens (including phenoxy) is 1. The molecule has 1 nitrogen and oxygen atoms in total. The quantitative estimate of drug-likeness (QED) is 0.513. The summed E-state index contributed by atoms with van der Waals surface area (Å²) in [5.41, 5.74) is 0. The highest BCUT2D eigenvalue weighted by atomic mass is 127. The van der Waals surface area contributed by atoms with Crippen molar-refractivity contribution in [2.75, 3.05) is 13.2 Å². The Morgan fingerprint density at radius 3 is 1.40 bits per heavy atom. The molecule has 0 aromatic carbocycles. The first-order chi connectivity index (χ1) is 2.00. The van der Waals surface area contributed by atoms with Crippen molar-refractivity contribution in [1.29, 1.82) is 0 Å². The summed E-state index contributed by atoms with van der Waals surface area (Å²) in [5.74, 6) is 0. The molecule has 32 valence electrons. The van der Waals surface area contributed by atoms with Crippen molar-refractivity contribution >= 4 is 24.0 Å². The van der Waals surface area contributed by atoms with Crippen molar-refractivity contribution < 1.29 is 4.74 Å². The highest BCUT2D eigenvalue weighted by molar-refractivity contribution is 14.0. The summed E-state index contributed by atoms with van der Waals surface area (Å²) in [4.78, 5) is 0. The first kappa shape index (κ1) is 5.69. The van der Waals surface area contributed by atoms with E-state index in [1.54, 1.807) is 0 Å². The van der Waals surface area contributed by atoms with Crippen LogP contribution in [0, 0.1) is 0 Å². The van der Waals surface area contributed by atoms with Crippen molar-refractivity contribution in [2.24, 2.45) is 0 Å². The Bertz CT molecular complexity index is 14.9. The molecule has 1 saturated heterocycles. The SMILES string of the molecule is C1COC1.I. The molecule has 1 aliphatic heterocycles. The third-order valence-electron chi connectivity index (χ3n) is 0.577. The Hall–Kier alpha value is 0.690. The maximum Gasteiger partial charge on any atom is 0.0488 e. The highest BCUT2D eigenvalue weighted by Gasteiger charge is 1.94. The van der Waals surface area contributed by atoms with Gasteiger partial charge in [-0.2, -0.15) is 0 Å². The number of halogens is 1. The molecule has 1 heterocycles. The summed E-state index contributed by atoms with van der Waals surface area (Å²) in [7, 11) is 0. The molecule has 1 rings (SSSR count). The highest BCUT2D eigenvalue weighted by Crippen LogP contribution is 1.92. The van der Waals surface area contributed by atoms with Crippen molar-refractivity contribution in [3.05, 3.63) is 0 Å². The van der Waals surface area contributed by atoms with Crippen LogP contribution < -0.4 is 0 Å². The molecule has 0 aliphatic carbocycles. The van der Waals surface area contributed by atoms with E-state index < -0.39 is 0 Å². The van der Waals surface area contributed by atoms with E-state index in [4.69, 9.17) is 4.74 Å². The average Bonchev–Trinajstić information content (AvgIpc) is 0.722. The van der Waals surface area contributed by atoms with Crippen molar-refractivity contribution in [2.45, 2.75) is 6.42 Å². The second-order valence-corrected chi connectivity index (χ2v) is 0.966. The van der Waals surface area contributed by atoms with Gasteiger partial charge in [0.15, 0.2) is 0 Å². The van der Waals surface area contributed by atoms with Crippen LogP contribution in [0.4, 0.5) is 0 Å². The molecule has 0 unspecified atom stereocenters. The van der Waals surface area contributed by atoms with Gasteiger partial charge >= 0.3 is 0 Å². The summed E-state index contributed by atoms with van der Waals surface area (Å²) >= 11 is 0. The normalized spacial score (nSPS) is 19.2. The van der Waals surface area contributed by atoms with Gasteiger partial charge in [-0.25, -0.2) is 0 Å². The van der Waals surface area contributed by atoms with E-state index in [0.717, 1.165) is 13.2 Å². The average molecular weight is 186 g/mol. The molecule has 0 bridgehead atoms. The molecule has 1 fully saturated rings. The second-order valence-electron chi connectivity index (χ2n) is 0.966. The zero-order valence-corrected chi connectivity index (χ0v) is 5.27. The van der Waals surface area contributed by atoms with Gasteiger partial charge in [-0.05, 0) is 6.42 Å². The van der Waals surface area contributed by atoms with Crippen LogP contribution in [-0.4, -0.2) is 13.2 Å². The van der Waals surface area contributed by atoms with Crippen molar-refractivity contribution in [1.82, 2.24) is 0 Å². The Morgan fingerprint density at radius 1 is 1.20 bits per heavy atom. The predicted octanol–water partition coefficient (Wildman–Crippen LogP) is 1.02. The van der Waals surface area contributed by atoms with Gasteiger partial charge in [-0.15, -0.1) is 24.0 Å². The largest absolute Gasteiger partial charge is 0.381 e. The van der Waals surface area contributed by atoms with Crippen LogP contribution in [0.1, 0.15) is 6.42 Å². The van der Waals surface area contributed by atoms with Crippen LogP contribution in [0.3, 0.4) is 0 Å². The van der Waals surface area contributed by atoms with Crippen LogP contribution in [0.5, 0.6) is 0 Å². The van der Waals surface area contributed by atoms with E-state index in [-0.39, 0.29) is 24.0 Å². The molecule has 2 heteroatoms. The molecule has 1 aliphatic rings. The lowest BCUT2D eigenvalue weighted by Gasteiger charge is -2.09. The zero-order chi connectivity index (χ0) is 2.83. The monoisotopic (exact) mass is 186 g/mol. The van der Waals surface area contributed by atoms with Gasteiger partial charge in [-0.3, -0.25) is 0 Å². The maximum atomic E-state index is 4.72. The molecule has 0 atom stereocenters. The van der Waals surface area contributed by atoms with Crippen molar-refractivity contribution in [3.63, 3.8) is 0 Å². The lowest BCUT2D eigenvalue weighted by molar-refractivity contribution is 0.0367. The fourth-order valence-electron chi connectivity index (χ4n) is 0.144. The first-order valence-electron chi connectivity index (χ1n) is 1.58. The molecule has 0 amide bonds. The molecule has 0 aromatic rings. The van der Waals surface area contributed by atoms with Gasteiger partial charge in [0.1, 0.15) is 0 Å². The molecule has 5 heavy (non-hydrogen) atoms. The molecule has 0 N–H and O–H groups in total. The minimum absolute atomic E-state index is 0. The van der Waals surface area contributed by atoms with Crippen LogP contribution in [0.25, 0.3) is 0 Å². The van der Waals surface area contributed by atoms with Gasteiger partial charge in [0.25, 0.3) is 0 Å². The predicted molar refractivity (Wildman–Crippen MR) is 30.9 cm³/mol. The third-order valence-corrected chi connectivity index (χ3v) is 0.577. The van der Waals surface area contributed by atoms with Gasteiger partial charge in [-0.1, -0.05) is 0 Å². The smallest absolute Gasteiger partial charge is 0.0488 e.